The van der Waals surface area contributed by atoms with E-state index in [0.29, 0.717) is 30.4 Å². The first-order valence-corrected chi connectivity index (χ1v) is 10.9. The van der Waals surface area contributed by atoms with Crippen LogP contribution in [-0.2, 0) is 4.74 Å². The lowest BCUT2D eigenvalue weighted by Crippen LogP contribution is -2.36. The third-order valence-corrected chi connectivity index (χ3v) is 5.39. The van der Waals surface area contributed by atoms with Gasteiger partial charge in [0.25, 0.3) is 0 Å². The van der Waals surface area contributed by atoms with Gasteiger partial charge in [-0.25, -0.2) is 0 Å². The Morgan fingerprint density at radius 3 is 2.72 bits per heavy atom. The number of fused-ring (bicyclic) bond motifs is 1. The highest BCUT2D eigenvalue weighted by Crippen LogP contribution is 2.30. The van der Waals surface area contributed by atoms with Crippen LogP contribution in [0.5, 0.6) is 0 Å². The van der Waals surface area contributed by atoms with Crippen LogP contribution < -0.4 is 15.5 Å². The second-order valence-corrected chi connectivity index (χ2v) is 7.42. The van der Waals surface area contributed by atoms with Crippen molar-refractivity contribution in [1.29, 1.82) is 0 Å². The summed E-state index contributed by atoms with van der Waals surface area (Å²) < 4.78 is 5.42. The Morgan fingerprint density at radius 1 is 1.21 bits per heavy atom. The Labute approximate surface area is 173 Å². The predicted octanol–water partition coefficient (Wildman–Crippen LogP) is 2.45. The molecule has 1 saturated heterocycles. The fourth-order valence-corrected chi connectivity index (χ4v) is 3.76. The summed E-state index contributed by atoms with van der Waals surface area (Å²) in [4.78, 5) is 11.5. The number of aromatic nitrogens is 4. The average molecular weight is 416 g/mol. The summed E-state index contributed by atoms with van der Waals surface area (Å²) in [6.07, 6.45) is 2.61. The highest BCUT2D eigenvalue weighted by Gasteiger charge is 2.15. The Morgan fingerprint density at radius 2 is 2.00 bits per heavy atom. The maximum Gasteiger partial charge on any atom is 0.231 e. The van der Waals surface area contributed by atoms with Crippen LogP contribution in [-0.4, -0.2) is 71.0 Å². The molecule has 1 aromatic carbocycles. The minimum absolute atomic E-state index is 0.128. The molecule has 0 saturated carbocycles. The molecule has 1 aliphatic heterocycles. The van der Waals surface area contributed by atoms with Gasteiger partial charge in [-0.1, -0.05) is 0 Å². The zero-order valence-corrected chi connectivity index (χ0v) is 17.1. The highest BCUT2D eigenvalue weighted by molar-refractivity contribution is 7.98. The molecule has 0 amide bonds. The van der Waals surface area contributed by atoms with Crippen LogP contribution in [0, 0.1) is 0 Å². The Hall–Kier alpha value is -2.56. The standard InChI is InChI=1S/C19H25N7O2S/c1-29-18-15-16(20-7-2-10-27)22-19(23-17(15)24-25-18)21-13-3-5-14(6-4-13)26-8-11-28-12-9-26/h3-6,27H,2,7-12H2,1H3,(H3,20,21,22,23,24,25). The van der Waals surface area contributed by atoms with Gasteiger partial charge < -0.3 is 25.4 Å². The van der Waals surface area contributed by atoms with Gasteiger partial charge in [-0.15, -0.1) is 11.8 Å². The van der Waals surface area contributed by atoms with Gasteiger partial charge in [0.05, 0.1) is 18.6 Å². The minimum Gasteiger partial charge on any atom is -0.396 e. The largest absolute Gasteiger partial charge is 0.396 e. The molecule has 3 aromatic rings. The molecule has 29 heavy (non-hydrogen) atoms. The van der Waals surface area contributed by atoms with E-state index in [-0.39, 0.29) is 6.61 Å². The van der Waals surface area contributed by atoms with E-state index in [4.69, 9.17) is 9.84 Å². The highest BCUT2D eigenvalue weighted by atomic mass is 32.2. The van der Waals surface area contributed by atoms with Gasteiger partial charge >= 0.3 is 0 Å². The summed E-state index contributed by atoms with van der Waals surface area (Å²) >= 11 is 1.54. The molecule has 154 valence electrons. The van der Waals surface area contributed by atoms with E-state index in [9.17, 15) is 0 Å². The van der Waals surface area contributed by atoms with E-state index in [1.165, 1.54) is 17.4 Å². The number of H-pyrrole nitrogens is 1. The van der Waals surface area contributed by atoms with Crippen molar-refractivity contribution < 1.29 is 9.84 Å². The maximum atomic E-state index is 9.07. The van der Waals surface area contributed by atoms with Crippen LogP contribution >= 0.6 is 11.8 Å². The van der Waals surface area contributed by atoms with Gasteiger partial charge in [0.15, 0.2) is 5.65 Å². The van der Waals surface area contributed by atoms with E-state index in [1.807, 2.05) is 18.4 Å². The molecule has 1 aliphatic rings. The van der Waals surface area contributed by atoms with Crippen molar-refractivity contribution in [3.63, 3.8) is 0 Å². The molecule has 0 radical (unpaired) electrons. The third kappa shape index (κ3) is 4.55. The zero-order chi connectivity index (χ0) is 20.1. The zero-order valence-electron chi connectivity index (χ0n) is 16.3. The quantitative estimate of drug-likeness (QED) is 0.326. The molecule has 4 rings (SSSR count). The number of anilines is 4. The Balaban J connectivity index is 1.55. The molecule has 0 aliphatic carbocycles. The molecule has 10 heteroatoms. The third-order valence-electron chi connectivity index (χ3n) is 4.71. The molecular weight excluding hydrogens is 390 g/mol. The fraction of sp³-hybridized carbons (Fsp3) is 0.421. The summed E-state index contributed by atoms with van der Waals surface area (Å²) in [6, 6.07) is 8.23. The van der Waals surface area contributed by atoms with E-state index < -0.39 is 0 Å². The topological polar surface area (TPSA) is 111 Å². The number of morpholine rings is 1. The second kappa shape index (κ2) is 9.29. The number of nitrogens with zero attached hydrogens (tertiary/aromatic N) is 4. The van der Waals surface area contributed by atoms with Gasteiger partial charge in [-0.2, -0.15) is 15.1 Å². The molecule has 3 heterocycles. The van der Waals surface area contributed by atoms with Gasteiger partial charge in [0.2, 0.25) is 5.95 Å². The van der Waals surface area contributed by atoms with E-state index >= 15 is 0 Å². The van der Waals surface area contributed by atoms with E-state index in [1.54, 1.807) is 0 Å². The number of nitrogens with one attached hydrogen (secondary N) is 3. The Kier molecular flexibility index (Phi) is 6.33. The normalized spacial score (nSPS) is 14.3. The lowest BCUT2D eigenvalue weighted by Gasteiger charge is -2.28. The predicted molar refractivity (Wildman–Crippen MR) is 116 cm³/mol. The van der Waals surface area contributed by atoms with Crippen LogP contribution in [0.2, 0.25) is 0 Å². The van der Waals surface area contributed by atoms with Crippen LogP contribution in [0.25, 0.3) is 11.0 Å². The van der Waals surface area contributed by atoms with Crippen molar-refractivity contribution in [1.82, 2.24) is 20.2 Å². The smallest absolute Gasteiger partial charge is 0.231 e. The number of benzene rings is 1. The minimum atomic E-state index is 0.128. The SMILES string of the molecule is CSc1n[nH]c2nc(Nc3ccc(N4CCOCC4)cc3)nc(NCCCO)c12. The average Bonchev–Trinajstić information content (AvgIpc) is 3.18. The van der Waals surface area contributed by atoms with Gasteiger partial charge in [-0.3, -0.25) is 5.10 Å². The summed E-state index contributed by atoms with van der Waals surface area (Å²) in [6.45, 7) is 4.10. The molecule has 9 nitrogen and oxygen atoms in total. The first-order valence-electron chi connectivity index (χ1n) is 9.63. The molecule has 0 spiro atoms. The molecule has 0 bridgehead atoms. The van der Waals surface area contributed by atoms with Crippen LogP contribution in [0.3, 0.4) is 0 Å². The number of aliphatic hydroxyl groups excluding tert-OH is 1. The van der Waals surface area contributed by atoms with Crippen LogP contribution in [0.15, 0.2) is 29.3 Å². The number of hydrogen-bond acceptors (Lipinski definition) is 9. The molecule has 1 fully saturated rings. The van der Waals surface area contributed by atoms with Crippen molar-refractivity contribution in [2.45, 2.75) is 11.4 Å². The molecule has 0 unspecified atom stereocenters. The monoisotopic (exact) mass is 415 g/mol. The van der Waals surface area contributed by atoms with Crippen molar-refractivity contribution in [3.05, 3.63) is 24.3 Å². The van der Waals surface area contributed by atoms with Crippen molar-refractivity contribution in [2.75, 3.05) is 61.2 Å². The number of ether oxygens (including phenoxy) is 1. The first-order chi connectivity index (χ1) is 14.3. The number of aromatic amines is 1. The van der Waals surface area contributed by atoms with Gasteiger partial charge in [0.1, 0.15) is 10.8 Å². The van der Waals surface area contributed by atoms with Crippen molar-refractivity contribution in [2.24, 2.45) is 0 Å². The van der Waals surface area contributed by atoms with Crippen molar-refractivity contribution in [3.8, 4) is 0 Å². The maximum absolute atomic E-state index is 9.07. The van der Waals surface area contributed by atoms with Gasteiger partial charge in [0, 0.05) is 37.6 Å². The number of thioether (sulfide) groups is 1. The van der Waals surface area contributed by atoms with E-state index in [0.717, 1.165) is 42.4 Å². The fourth-order valence-electron chi connectivity index (χ4n) is 3.23. The molecule has 4 N–H and O–H groups in total. The summed E-state index contributed by atoms with van der Waals surface area (Å²) in [5.41, 5.74) is 2.76. The van der Waals surface area contributed by atoms with Crippen LogP contribution in [0.1, 0.15) is 6.42 Å². The number of hydrogen-bond donors (Lipinski definition) is 4. The van der Waals surface area contributed by atoms with Crippen molar-refractivity contribution >= 4 is 45.9 Å². The molecular formula is C19H25N7O2S. The van der Waals surface area contributed by atoms with Crippen LogP contribution in [0.4, 0.5) is 23.1 Å². The lowest BCUT2D eigenvalue weighted by molar-refractivity contribution is 0.122. The molecule has 2 aromatic heterocycles. The number of rotatable bonds is 8. The summed E-state index contributed by atoms with van der Waals surface area (Å²) in [7, 11) is 0. The first kappa shape index (κ1) is 19.7. The van der Waals surface area contributed by atoms with Gasteiger partial charge in [-0.05, 0) is 36.9 Å². The number of aliphatic hydroxyl groups is 1. The summed E-state index contributed by atoms with van der Waals surface area (Å²) in [5, 5.41) is 24.6. The Bertz CT molecular complexity index is 942. The second-order valence-electron chi connectivity index (χ2n) is 6.63. The molecule has 0 atom stereocenters. The summed E-state index contributed by atoms with van der Waals surface area (Å²) in [5.74, 6) is 1.19. The lowest BCUT2D eigenvalue weighted by atomic mass is 10.2. The van der Waals surface area contributed by atoms with E-state index in [2.05, 4.69) is 47.8 Å².